The van der Waals surface area contributed by atoms with Crippen LogP contribution in [0.5, 0.6) is 5.75 Å². The minimum absolute atomic E-state index is 0.0435. The molecule has 0 unspecified atom stereocenters. The van der Waals surface area contributed by atoms with Crippen molar-refractivity contribution in [2.45, 2.75) is 45.1 Å². The van der Waals surface area contributed by atoms with Crippen molar-refractivity contribution >= 4 is 23.4 Å². The third kappa shape index (κ3) is 5.66. The van der Waals surface area contributed by atoms with Crippen LogP contribution in [0.25, 0.3) is 0 Å². The van der Waals surface area contributed by atoms with Gasteiger partial charge in [0.15, 0.2) is 0 Å². The number of fused-ring (bicyclic) bond motifs is 1. The quantitative estimate of drug-likeness (QED) is 0.623. The van der Waals surface area contributed by atoms with Crippen LogP contribution < -0.4 is 15.4 Å². The molecule has 2 heterocycles. The van der Waals surface area contributed by atoms with Crippen LogP contribution in [-0.4, -0.2) is 42.3 Å². The summed E-state index contributed by atoms with van der Waals surface area (Å²) in [4.78, 5) is 38.0. The molecule has 168 valence electrons. The molecule has 2 aliphatic rings. The number of hydrogen-bond donors (Lipinski definition) is 2. The molecule has 2 aromatic carbocycles. The van der Waals surface area contributed by atoms with Gasteiger partial charge in [0.2, 0.25) is 11.8 Å². The zero-order chi connectivity index (χ0) is 22.3. The molecule has 1 saturated heterocycles. The Balaban J connectivity index is 1.18. The van der Waals surface area contributed by atoms with E-state index in [9.17, 15) is 14.4 Å². The van der Waals surface area contributed by atoms with Gasteiger partial charge in [-0.25, -0.2) is 0 Å². The Hall–Kier alpha value is -3.35. The minimum atomic E-state index is -0.0435. The molecule has 2 aliphatic heterocycles. The van der Waals surface area contributed by atoms with E-state index in [1.165, 1.54) is 0 Å². The van der Waals surface area contributed by atoms with Crippen molar-refractivity contribution in [1.29, 1.82) is 0 Å². The molecule has 1 fully saturated rings. The first-order valence-electron chi connectivity index (χ1n) is 11.3. The molecule has 3 amide bonds. The second kappa shape index (κ2) is 10.3. The molecule has 0 bridgehead atoms. The second-order valence-electron chi connectivity index (χ2n) is 8.30. The summed E-state index contributed by atoms with van der Waals surface area (Å²) in [6.45, 7) is 2.49. The van der Waals surface area contributed by atoms with Gasteiger partial charge in [0.25, 0.3) is 5.91 Å². The Labute approximate surface area is 188 Å². The number of hydrogen-bond acceptors (Lipinski definition) is 4. The van der Waals surface area contributed by atoms with Gasteiger partial charge in [0, 0.05) is 43.7 Å². The zero-order valence-electron chi connectivity index (χ0n) is 18.2. The minimum Gasteiger partial charge on any atom is -0.494 e. The van der Waals surface area contributed by atoms with E-state index in [1.807, 2.05) is 47.4 Å². The summed E-state index contributed by atoms with van der Waals surface area (Å²) in [6, 6.07) is 13.1. The lowest BCUT2D eigenvalue weighted by molar-refractivity contribution is -0.121. The number of carbonyl (C=O) groups is 3. The fraction of sp³-hybridized carbons (Fsp3) is 0.400. The summed E-state index contributed by atoms with van der Waals surface area (Å²) < 4.78 is 5.77. The molecular weight excluding hydrogens is 406 g/mol. The summed E-state index contributed by atoms with van der Waals surface area (Å²) in [6.07, 6.45) is 4.31. The van der Waals surface area contributed by atoms with Gasteiger partial charge in [0.1, 0.15) is 5.75 Å². The SMILES string of the molecule is O=C(CCCOc1ccc2c(c1)CCC(=O)N2)NCc1cccc(C(=O)N2CCCC2)c1. The number of nitrogens with zero attached hydrogens (tertiary/aromatic N) is 1. The van der Waals surface area contributed by atoms with E-state index in [-0.39, 0.29) is 17.7 Å². The number of rotatable bonds is 8. The van der Waals surface area contributed by atoms with E-state index in [4.69, 9.17) is 4.74 Å². The zero-order valence-corrected chi connectivity index (χ0v) is 18.2. The molecule has 2 N–H and O–H groups in total. The molecule has 7 nitrogen and oxygen atoms in total. The lowest BCUT2D eigenvalue weighted by Crippen LogP contribution is -2.28. The summed E-state index contributed by atoms with van der Waals surface area (Å²) in [5.74, 6) is 0.817. The highest BCUT2D eigenvalue weighted by Crippen LogP contribution is 2.26. The van der Waals surface area contributed by atoms with Gasteiger partial charge in [-0.1, -0.05) is 12.1 Å². The number of nitrogens with one attached hydrogen (secondary N) is 2. The average molecular weight is 436 g/mol. The second-order valence-corrected chi connectivity index (χ2v) is 8.30. The van der Waals surface area contributed by atoms with Crippen LogP contribution in [0, 0.1) is 0 Å². The van der Waals surface area contributed by atoms with E-state index in [2.05, 4.69) is 10.6 Å². The topological polar surface area (TPSA) is 87.7 Å². The molecule has 0 radical (unpaired) electrons. The molecule has 0 saturated carbocycles. The maximum atomic E-state index is 12.5. The lowest BCUT2D eigenvalue weighted by atomic mass is 10.0. The summed E-state index contributed by atoms with van der Waals surface area (Å²) >= 11 is 0. The first kappa shape index (κ1) is 21.9. The van der Waals surface area contributed by atoms with Crippen LogP contribution >= 0.6 is 0 Å². The normalized spacial score (nSPS) is 15.1. The maximum Gasteiger partial charge on any atom is 0.253 e. The van der Waals surface area contributed by atoms with E-state index < -0.39 is 0 Å². The molecule has 0 aromatic heterocycles. The lowest BCUT2D eigenvalue weighted by Gasteiger charge is -2.17. The fourth-order valence-corrected chi connectivity index (χ4v) is 4.08. The van der Waals surface area contributed by atoms with Crippen LogP contribution in [0.1, 0.15) is 53.6 Å². The Kier molecular flexibility index (Phi) is 7.04. The Morgan fingerprint density at radius 3 is 2.75 bits per heavy atom. The molecule has 32 heavy (non-hydrogen) atoms. The third-order valence-corrected chi connectivity index (χ3v) is 5.85. The van der Waals surface area contributed by atoms with Gasteiger partial charge >= 0.3 is 0 Å². The molecule has 2 aromatic rings. The number of benzene rings is 2. The predicted octanol–water partition coefficient (Wildman–Crippen LogP) is 3.28. The van der Waals surface area contributed by atoms with Crippen molar-refractivity contribution in [1.82, 2.24) is 10.2 Å². The first-order valence-corrected chi connectivity index (χ1v) is 11.3. The highest BCUT2D eigenvalue weighted by Gasteiger charge is 2.19. The smallest absolute Gasteiger partial charge is 0.253 e. The summed E-state index contributed by atoms with van der Waals surface area (Å²) in [5, 5.41) is 5.77. The monoisotopic (exact) mass is 435 g/mol. The Morgan fingerprint density at radius 1 is 1.06 bits per heavy atom. The largest absolute Gasteiger partial charge is 0.494 e. The van der Waals surface area contributed by atoms with Crippen LogP contribution in [0.2, 0.25) is 0 Å². The number of aryl methyl sites for hydroxylation is 1. The Bertz CT molecular complexity index is 998. The fourth-order valence-electron chi connectivity index (χ4n) is 4.08. The van der Waals surface area contributed by atoms with Gasteiger partial charge in [-0.3, -0.25) is 14.4 Å². The maximum absolute atomic E-state index is 12.5. The standard InChI is InChI=1S/C25H29N3O4/c29-23(7-4-14-32-21-9-10-22-19(16-21)8-11-24(30)27-22)26-17-18-5-3-6-20(15-18)25(31)28-12-1-2-13-28/h3,5-6,9-10,15-16H,1-2,4,7-8,11-14,17H2,(H,26,29)(H,27,30). The van der Waals surface area contributed by atoms with Crippen molar-refractivity contribution in [2.24, 2.45) is 0 Å². The van der Waals surface area contributed by atoms with Crippen molar-refractivity contribution < 1.29 is 19.1 Å². The van der Waals surface area contributed by atoms with Crippen LogP contribution in [0.4, 0.5) is 5.69 Å². The molecule has 4 rings (SSSR count). The molecule has 0 atom stereocenters. The van der Waals surface area contributed by atoms with Gasteiger partial charge in [-0.05, 0) is 67.1 Å². The van der Waals surface area contributed by atoms with E-state index >= 15 is 0 Å². The van der Waals surface area contributed by atoms with Gasteiger partial charge in [-0.2, -0.15) is 0 Å². The third-order valence-electron chi connectivity index (χ3n) is 5.85. The number of likely N-dealkylation sites (tertiary alicyclic amines) is 1. The highest BCUT2D eigenvalue weighted by molar-refractivity contribution is 5.95. The number of anilines is 1. The van der Waals surface area contributed by atoms with Gasteiger partial charge in [0.05, 0.1) is 6.61 Å². The summed E-state index contributed by atoms with van der Waals surface area (Å²) in [5.41, 5.74) is 3.52. The molecule has 0 spiro atoms. The summed E-state index contributed by atoms with van der Waals surface area (Å²) in [7, 11) is 0. The van der Waals surface area contributed by atoms with Gasteiger partial charge in [-0.15, -0.1) is 0 Å². The van der Waals surface area contributed by atoms with Crippen molar-refractivity contribution in [2.75, 3.05) is 25.0 Å². The van der Waals surface area contributed by atoms with E-state index in [0.717, 1.165) is 48.5 Å². The molecule has 0 aliphatic carbocycles. The number of carbonyl (C=O) groups excluding carboxylic acids is 3. The average Bonchev–Trinajstić information content (AvgIpc) is 3.35. The van der Waals surface area contributed by atoms with Crippen LogP contribution in [0.3, 0.4) is 0 Å². The van der Waals surface area contributed by atoms with Crippen molar-refractivity contribution in [3.05, 3.63) is 59.2 Å². The Morgan fingerprint density at radius 2 is 1.91 bits per heavy atom. The highest BCUT2D eigenvalue weighted by atomic mass is 16.5. The number of amides is 3. The van der Waals surface area contributed by atoms with Crippen LogP contribution in [0.15, 0.2) is 42.5 Å². The number of ether oxygens (including phenoxy) is 1. The van der Waals surface area contributed by atoms with E-state index in [0.29, 0.717) is 44.4 Å². The van der Waals surface area contributed by atoms with E-state index in [1.54, 1.807) is 0 Å². The molecular formula is C25H29N3O4. The van der Waals surface area contributed by atoms with Crippen LogP contribution in [-0.2, 0) is 22.6 Å². The van der Waals surface area contributed by atoms with Gasteiger partial charge < -0.3 is 20.3 Å². The first-order chi connectivity index (χ1) is 15.6. The van der Waals surface area contributed by atoms with Crippen molar-refractivity contribution in [3.8, 4) is 5.75 Å². The van der Waals surface area contributed by atoms with Crippen molar-refractivity contribution in [3.63, 3.8) is 0 Å². The molecule has 7 heteroatoms. The predicted molar refractivity (Wildman–Crippen MR) is 122 cm³/mol.